The monoisotopic (exact) mass is 437 g/mol. The standard InChI is InChI=1S/C18H20FN5O5S/c1-20-17(30)21-8-13-10-23(18(25)29-13)11-3-5-15(14(19)7-11)22(2)9-12-4-6-16(28-12)24(26)27/h3-7,13H,8-10H2,1-2H3,(H2,20,21,30)/t13-/m0/s1. The minimum absolute atomic E-state index is 0.134. The summed E-state index contributed by atoms with van der Waals surface area (Å²) >= 11 is 4.99. The van der Waals surface area contributed by atoms with Crippen LogP contribution in [0.15, 0.2) is 34.7 Å². The molecule has 12 heteroatoms. The smallest absolute Gasteiger partial charge is 0.433 e. The van der Waals surface area contributed by atoms with E-state index < -0.39 is 22.9 Å². The van der Waals surface area contributed by atoms with Crippen molar-refractivity contribution in [2.24, 2.45) is 0 Å². The zero-order valence-corrected chi connectivity index (χ0v) is 17.1. The van der Waals surface area contributed by atoms with Gasteiger partial charge in [-0.1, -0.05) is 0 Å². The first-order valence-corrected chi connectivity index (χ1v) is 9.37. The Bertz CT molecular complexity index is 968. The SMILES string of the molecule is CNC(=S)NC[C@H]1CN(c2ccc(N(C)Cc3ccc([N+](=O)[O-])o3)c(F)c2)C(=O)O1. The number of halogens is 1. The molecule has 30 heavy (non-hydrogen) atoms. The van der Waals surface area contributed by atoms with Crippen molar-refractivity contribution in [1.29, 1.82) is 0 Å². The number of cyclic esters (lactones) is 1. The van der Waals surface area contributed by atoms with Gasteiger partial charge < -0.3 is 24.7 Å². The van der Waals surface area contributed by atoms with Crippen LogP contribution in [-0.4, -0.2) is 49.4 Å². The van der Waals surface area contributed by atoms with Gasteiger partial charge in [-0.05, 0) is 36.5 Å². The van der Waals surface area contributed by atoms with Crippen molar-refractivity contribution in [3.8, 4) is 0 Å². The van der Waals surface area contributed by atoms with E-state index in [1.54, 1.807) is 25.1 Å². The van der Waals surface area contributed by atoms with Crippen LogP contribution < -0.4 is 20.4 Å². The van der Waals surface area contributed by atoms with Crippen molar-refractivity contribution in [2.45, 2.75) is 12.6 Å². The van der Waals surface area contributed by atoms with Crippen molar-refractivity contribution in [1.82, 2.24) is 10.6 Å². The molecule has 1 aromatic carbocycles. The molecule has 2 heterocycles. The van der Waals surface area contributed by atoms with Gasteiger partial charge in [0.1, 0.15) is 22.6 Å². The highest BCUT2D eigenvalue weighted by atomic mass is 32.1. The van der Waals surface area contributed by atoms with Gasteiger partial charge in [-0.3, -0.25) is 15.0 Å². The normalized spacial score (nSPS) is 15.6. The fraction of sp³-hybridized carbons (Fsp3) is 0.333. The maximum absolute atomic E-state index is 14.7. The first-order chi connectivity index (χ1) is 14.3. The number of ether oxygens (including phenoxy) is 1. The highest BCUT2D eigenvalue weighted by Crippen LogP contribution is 2.28. The summed E-state index contributed by atoms with van der Waals surface area (Å²) in [5.41, 5.74) is 0.616. The lowest BCUT2D eigenvalue weighted by atomic mass is 10.2. The van der Waals surface area contributed by atoms with E-state index in [2.05, 4.69) is 10.6 Å². The summed E-state index contributed by atoms with van der Waals surface area (Å²) < 4.78 is 25.1. The number of benzene rings is 1. The summed E-state index contributed by atoms with van der Waals surface area (Å²) in [5, 5.41) is 16.8. The number of rotatable bonds is 7. The van der Waals surface area contributed by atoms with Gasteiger partial charge in [0.15, 0.2) is 5.11 Å². The summed E-state index contributed by atoms with van der Waals surface area (Å²) in [6.07, 6.45) is -0.996. The molecule has 10 nitrogen and oxygen atoms in total. The zero-order valence-electron chi connectivity index (χ0n) is 16.3. The minimum atomic E-state index is -0.636. The third kappa shape index (κ3) is 4.76. The van der Waals surface area contributed by atoms with Crippen LogP contribution in [0, 0.1) is 15.9 Å². The molecule has 1 aliphatic rings. The van der Waals surface area contributed by atoms with Crippen molar-refractivity contribution < 1.29 is 23.3 Å². The fourth-order valence-corrected chi connectivity index (χ4v) is 3.06. The lowest BCUT2D eigenvalue weighted by Crippen LogP contribution is -2.39. The number of carbonyl (C=O) groups excluding carboxylic acids is 1. The second-order valence-electron chi connectivity index (χ2n) is 6.57. The van der Waals surface area contributed by atoms with Crippen LogP contribution in [0.25, 0.3) is 0 Å². The molecule has 160 valence electrons. The molecule has 0 spiro atoms. The maximum Gasteiger partial charge on any atom is 0.433 e. The van der Waals surface area contributed by atoms with E-state index in [0.717, 1.165) is 0 Å². The van der Waals surface area contributed by atoms with E-state index in [4.69, 9.17) is 21.4 Å². The van der Waals surface area contributed by atoms with Gasteiger partial charge in [-0.25, -0.2) is 9.18 Å². The van der Waals surface area contributed by atoms with E-state index >= 15 is 0 Å². The van der Waals surface area contributed by atoms with Crippen molar-refractivity contribution in [3.05, 3.63) is 52.0 Å². The molecule has 1 atom stereocenters. The number of nitro groups is 1. The highest BCUT2D eigenvalue weighted by molar-refractivity contribution is 7.80. The Labute approximate surface area is 176 Å². The maximum atomic E-state index is 14.7. The van der Waals surface area contributed by atoms with Crippen LogP contribution >= 0.6 is 12.2 Å². The van der Waals surface area contributed by atoms with Gasteiger partial charge in [0.2, 0.25) is 0 Å². The fourth-order valence-electron chi connectivity index (χ4n) is 2.98. The summed E-state index contributed by atoms with van der Waals surface area (Å²) in [7, 11) is 3.31. The molecule has 0 saturated carbocycles. The topological polar surface area (TPSA) is 113 Å². The zero-order chi connectivity index (χ0) is 21.8. The molecule has 1 amide bonds. The molecular weight excluding hydrogens is 417 g/mol. The molecule has 2 aromatic rings. The number of carbonyl (C=O) groups is 1. The lowest BCUT2D eigenvalue weighted by Gasteiger charge is -2.20. The Morgan fingerprint density at radius 1 is 1.43 bits per heavy atom. The van der Waals surface area contributed by atoms with E-state index in [-0.39, 0.29) is 24.7 Å². The minimum Gasteiger partial charge on any atom is -0.442 e. The number of furan rings is 1. The highest BCUT2D eigenvalue weighted by Gasteiger charge is 2.32. The predicted molar refractivity (Wildman–Crippen MR) is 111 cm³/mol. The van der Waals surface area contributed by atoms with E-state index in [1.165, 1.54) is 29.2 Å². The molecule has 1 aromatic heterocycles. The van der Waals surface area contributed by atoms with Crippen molar-refractivity contribution in [2.75, 3.05) is 37.0 Å². The molecular formula is C18H20FN5O5S. The Morgan fingerprint density at radius 3 is 2.83 bits per heavy atom. The molecule has 0 aliphatic carbocycles. The average Bonchev–Trinajstić information content (AvgIpc) is 3.32. The molecule has 0 unspecified atom stereocenters. The molecule has 1 saturated heterocycles. The van der Waals surface area contributed by atoms with Crippen LogP contribution in [-0.2, 0) is 11.3 Å². The number of thiocarbonyl (C=S) groups is 1. The molecule has 1 aliphatic heterocycles. The van der Waals surface area contributed by atoms with Crippen molar-refractivity contribution in [3.63, 3.8) is 0 Å². The Balaban J connectivity index is 1.66. The van der Waals surface area contributed by atoms with Crippen LogP contribution in [0.3, 0.4) is 0 Å². The summed E-state index contributed by atoms with van der Waals surface area (Å²) in [6.45, 7) is 0.721. The number of nitrogens with one attached hydrogen (secondary N) is 2. The second kappa shape index (κ2) is 8.95. The number of nitrogens with zero attached hydrogens (tertiary/aromatic N) is 3. The lowest BCUT2D eigenvalue weighted by molar-refractivity contribution is -0.402. The second-order valence-corrected chi connectivity index (χ2v) is 6.97. The average molecular weight is 437 g/mol. The molecule has 0 radical (unpaired) electrons. The van der Waals surface area contributed by atoms with Gasteiger partial charge in [-0.15, -0.1) is 0 Å². The van der Waals surface area contributed by atoms with Gasteiger partial charge in [0.05, 0.1) is 37.1 Å². The Hall–Kier alpha value is -3.41. The third-order valence-electron chi connectivity index (χ3n) is 4.47. The Kier molecular flexibility index (Phi) is 6.35. The number of amides is 1. The number of hydrogen-bond donors (Lipinski definition) is 2. The third-order valence-corrected chi connectivity index (χ3v) is 4.81. The molecule has 0 bridgehead atoms. The summed E-state index contributed by atoms with van der Waals surface area (Å²) in [4.78, 5) is 25.1. The summed E-state index contributed by atoms with van der Waals surface area (Å²) in [5.74, 6) is -0.603. The molecule has 3 rings (SSSR count). The predicted octanol–water partition coefficient (Wildman–Crippen LogP) is 2.38. The van der Waals surface area contributed by atoms with Gasteiger partial charge >= 0.3 is 12.0 Å². The van der Waals surface area contributed by atoms with Gasteiger partial charge in [0.25, 0.3) is 0 Å². The van der Waals surface area contributed by atoms with E-state index in [1.807, 2.05) is 0 Å². The Morgan fingerprint density at radius 2 is 2.20 bits per heavy atom. The van der Waals surface area contributed by atoms with Crippen molar-refractivity contribution >= 4 is 40.7 Å². The van der Waals surface area contributed by atoms with Gasteiger partial charge in [-0.2, -0.15) is 0 Å². The largest absolute Gasteiger partial charge is 0.442 e. The molecule has 1 fully saturated rings. The number of hydrogen-bond acceptors (Lipinski definition) is 7. The van der Waals surface area contributed by atoms with Crippen LogP contribution in [0.1, 0.15) is 5.76 Å². The number of anilines is 2. The first-order valence-electron chi connectivity index (χ1n) is 8.96. The van der Waals surface area contributed by atoms with Crippen LogP contribution in [0.5, 0.6) is 0 Å². The molecule has 2 N–H and O–H groups in total. The van der Waals surface area contributed by atoms with Crippen LogP contribution in [0.4, 0.5) is 26.4 Å². The van der Waals surface area contributed by atoms with Gasteiger partial charge in [0, 0.05) is 14.1 Å². The quantitative estimate of drug-likeness (QED) is 0.383. The van der Waals surface area contributed by atoms with Crippen LogP contribution in [0.2, 0.25) is 0 Å². The van der Waals surface area contributed by atoms with E-state index in [9.17, 15) is 19.3 Å². The van der Waals surface area contributed by atoms with E-state index in [0.29, 0.717) is 23.1 Å². The summed E-state index contributed by atoms with van der Waals surface area (Å²) in [6, 6.07) is 7.09. The first kappa shape index (κ1) is 21.3.